The lowest BCUT2D eigenvalue weighted by Crippen LogP contribution is -2.54. The van der Waals surface area contributed by atoms with Gasteiger partial charge in [0.15, 0.2) is 0 Å². The maximum absolute atomic E-state index is 13.0. The third-order valence-electron chi connectivity index (χ3n) is 4.72. The normalized spacial score (nSPS) is 16.1. The number of hydrogen-bond acceptors (Lipinski definition) is 3. The largest absolute Gasteiger partial charge is 0.338 e. The molecule has 0 atom stereocenters. The highest BCUT2D eigenvalue weighted by molar-refractivity contribution is 9.10. The van der Waals surface area contributed by atoms with Gasteiger partial charge in [-0.25, -0.2) is 0 Å². The number of nitrogens with zero attached hydrogens (tertiary/aromatic N) is 4. The van der Waals surface area contributed by atoms with Gasteiger partial charge < -0.3 is 4.90 Å². The Morgan fingerprint density at radius 2 is 1.92 bits per heavy atom. The molecule has 3 rings (SSSR count). The van der Waals surface area contributed by atoms with Gasteiger partial charge in [-0.2, -0.15) is 5.10 Å². The van der Waals surface area contributed by atoms with Crippen LogP contribution in [0.4, 0.5) is 0 Å². The first kappa shape index (κ1) is 19.7. The first-order valence-electron chi connectivity index (χ1n) is 8.43. The zero-order chi connectivity index (χ0) is 18.9. The van der Waals surface area contributed by atoms with Crippen LogP contribution in [0.5, 0.6) is 0 Å². The van der Waals surface area contributed by atoms with E-state index >= 15 is 0 Å². The van der Waals surface area contributed by atoms with Crippen LogP contribution in [-0.4, -0.2) is 51.7 Å². The molecule has 1 aliphatic rings. The quantitative estimate of drug-likeness (QED) is 0.692. The summed E-state index contributed by atoms with van der Waals surface area (Å²) in [7, 11) is 0. The highest BCUT2D eigenvalue weighted by Gasteiger charge is 2.36. The fourth-order valence-electron chi connectivity index (χ4n) is 3.09. The molecule has 0 unspecified atom stereocenters. The molecule has 1 aliphatic heterocycles. The monoisotopic (exact) mass is 458 g/mol. The van der Waals surface area contributed by atoms with E-state index in [1.807, 2.05) is 37.1 Å². The molecule has 2 aromatic rings. The molecular formula is C18H21BrCl2N4O. The van der Waals surface area contributed by atoms with Gasteiger partial charge >= 0.3 is 0 Å². The summed E-state index contributed by atoms with van der Waals surface area (Å²) in [6.07, 6.45) is 3.53. The number of aromatic nitrogens is 2. The average Bonchev–Trinajstić information content (AvgIpc) is 3.05. The second kappa shape index (κ2) is 7.89. The minimum Gasteiger partial charge on any atom is -0.338 e. The first-order chi connectivity index (χ1) is 12.3. The van der Waals surface area contributed by atoms with Gasteiger partial charge in [-0.3, -0.25) is 14.4 Å². The zero-order valence-corrected chi connectivity index (χ0v) is 17.9. The summed E-state index contributed by atoms with van der Waals surface area (Å²) in [5.74, 6) is 0.0808. The second-order valence-corrected chi connectivity index (χ2v) is 8.73. The van der Waals surface area contributed by atoms with Crippen LogP contribution < -0.4 is 0 Å². The molecule has 1 aromatic heterocycles. The molecule has 5 nitrogen and oxygen atoms in total. The molecule has 8 heteroatoms. The number of benzene rings is 1. The number of hydrogen-bond donors (Lipinski definition) is 0. The Hall–Kier alpha value is -1.08. The van der Waals surface area contributed by atoms with Gasteiger partial charge in [-0.15, -0.1) is 0 Å². The van der Waals surface area contributed by atoms with Gasteiger partial charge in [-0.1, -0.05) is 29.3 Å². The molecule has 1 saturated heterocycles. The standard InChI is InChI=1S/C18H21BrCl2N4O/c1-18(2,25-12-14(19)10-22-25)17(26)24-7-5-23(6-8-24)11-13-3-4-15(20)9-16(13)21/h3-4,9-10,12H,5-8,11H2,1-2H3. The molecule has 0 aliphatic carbocycles. The second-order valence-electron chi connectivity index (χ2n) is 6.97. The van der Waals surface area contributed by atoms with Crippen LogP contribution in [0.1, 0.15) is 19.4 Å². The van der Waals surface area contributed by atoms with Crippen molar-refractivity contribution < 1.29 is 4.79 Å². The number of amides is 1. The number of carbonyl (C=O) groups excluding carboxylic acids is 1. The van der Waals surface area contributed by atoms with Crippen LogP contribution in [0.2, 0.25) is 10.0 Å². The van der Waals surface area contributed by atoms with E-state index < -0.39 is 5.54 Å². The topological polar surface area (TPSA) is 41.4 Å². The van der Waals surface area contributed by atoms with Crippen LogP contribution in [0.3, 0.4) is 0 Å². The van der Waals surface area contributed by atoms with Gasteiger partial charge in [0.2, 0.25) is 5.91 Å². The Morgan fingerprint density at radius 1 is 1.23 bits per heavy atom. The summed E-state index contributed by atoms with van der Waals surface area (Å²) < 4.78 is 2.57. The van der Waals surface area contributed by atoms with E-state index in [0.717, 1.165) is 29.7 Å². The molecule has 0 N–H and O–H groups in total. The molecule has 1 aromatic carbocycles. The minimum absolute atomic E-state index is 0.0808. The van der Waals surface area contributed by atoms with E-state index in [0.29, 0.717) is 23.1 Å². The summed E-state index contributed by atoms with van der Waals surface area (Å²) in [5, 5.41) is 5.60. The predicted molar refractivity (Wildman–Crippen MR) is 108 cm³/mol. The van der Waals surface area contributed by atoms with Crippen molar-refractivity contribution >= 4 is 45.0 Å². The third-order valence-corrected chi connectivity index (χ3v) is 5.71. The van der Waals surface area contributed by atoms with Crippen LogP contribution >= 0.6 is 39.1 Å². The van der Waals surface area contributed by atoms with Crippen molar-refractivity contribution in [2.75, 3.05) is 26.2 Å². The smallest absolute Gasteiger partial charge is 0.250 e. The summed E-state index contributed by atoms with van der Waals surface area (Å²) in [5.41, 5.74) is 0.339. The number of halogens is 3. The Bertz CT molecular complexity index is 800. The summed E-state index contributed by atoms with van der Waals surface area (Å²) in [4.78, 5) is 17.2. The molecular weight excluding hydrogens is 439 g/mol. The Labute approximate surface area is 172 Å². The third kappa shape index (κ3) is 4.25. The van der Waals surface area contributed by atoms with Crippen molar-refractivity contribution in [1.82, 2.24) is 19.6 Å². The van der Waals surface area contributed by atoms with Crippen LogP contribution in [0.25, 0.3) is 0 Å². The maximum Gasteiger partial charge on any atom is 0.250 e. The lowest BCUT2D eigenvalue weighted by molar-refractivity contribution is -0.141. The lowest BCUT2D eigenvalue weighted by Gasteiger charge is -2.38. The summed E-state index contributed by atoms with van der Waals surface area (Å²) in [6.45, 7) is 7.55. The molecule has 2 heterocycles. The Morgan fingerprint density at radius 3 is 2.50 bits per heavy atom. The summed E-state index contributed by atoms with van der Waals surface area (Å²) in [6, 6.07) is 5.58. The molecule has 0 spiro atoms. The SMILES string of the molecule is CC(C)(C(=O)N1CCN(Cc2ccc(Cl)cc2Cl)CC1)n1cc(Br)cn1. The lowest BCUT2D eigenvalue weighted by atomic mass is 10.0. The molecule has 1 fully saturated rings. The molecule has 140 valence electrons. The number of piperazine rings is 1. The predicted octanol–water partition coefficient (Wildman–Crippen LogP) is 4.03. The first-order valence-corrected chi connectivity index (χ1v) is 9.98. The Balaban J connectivity index is 1.60. The molecule has 0 saturated carbocycles. The molecule has 0 bridgehead atoms. The van der Waals surface area contributed by atoms with Gasteiger partial charge in [0.25, 0.3) is 0 Å². The Kier molecular flexibility index (Phi) is 5.97. The van der Waals surface area contributed by atoms with E-state index in [1.165, 1.54) is 0 Å². The van der Waals surface area contributed by atoms with Gasteiger partial charge in [0, 0.05) is 49.0 Å². The molecule has 26 heavy (non-hydrogen) atoms. The van der Waals surface area contributed by atoms with Crippen LogP contribution in [-0.2, 0) is 16.9 Å². The fraction of sp³-hybridized carbons (Fsp3) is 0.444. The van der Waals surface area contributed by atoms with Crippen molar-refractivity contribution in [3.05, 3.63) is 50.7 Å². The minimum atomic E-state index is -0.715. The van der Waals surface area contributed by atoms with E-state index in [1.54, 1.807) is 16.9 Å². The van der Waals surface area contributed by atoms with Crippen LogP contribution in [0.15, 0.2) is 35.1 Å². The average molecular weight is 460 g/mol. The summed E-state index contributed by atoms with van der Waals surface area (Å²) >= 11 is 15.6. The van der Waals surface area contributed by atoms with E-state index in [-0.39, 0.29) is 5.91 Å². The van der Waals surface area contributed by atoms with Crippen molar-refractivity contribution in [3.8, 4) is 0 Å². The van der Waals surface area contributed by atoms with Gasteiger partial charge in [0.05, 0.1) is 10.7 Å². The fourth-order valence-corrected chi connectivity index (χ4v) is 3.85. The van der Waals surface area contributed by atoms with Gasteiger partial charge in [-0.05, 0) is 47.5 Å². The van der Waals surface area contributed by atoms with Crippen molar-refractivity contribution in [2.24, 2.45) is 0 Å². The number of rotatable bonds is 4. The number of carbonyl (C=O) groups is 1. The van der Waals surface area contributed by atoms with Gasteiger partial charge in [0.1, 0.15) is 5.54 Å². The van der Waals surface area contributed by atoms with E-state index in [9.17, 15) is 4.79 Å². The van der Waals surface area contributed by atoms with Crippen molar-refractivity contribution in [1.29, 1.82) is 0 Å². The van der Waals surface area contributed by atoms with Crippen LogP contribution in [0, 0.1) is 0 Å². The van der Waals surface area contributed by atoms with Crippen molar-refractivity contribution in [2.45, 2.75) is 25.9 Å². The highest BCUT2D eigenvalue weighted by Crippen LogP contribution is 2.24. The van der Waals surface area contributed by atoms with E-state index in [4.69, 9.17) is 23.2 Å². The molecule has 0 radical (unpaired) electrons. The maximum atomic E-state index is 13.0. The van der Waals surface area contributed by atoms with E-state index in [2.05, 4.69) is 25.9 Å². The van der Waals surface area contributed by atoms with Crippen molar-refractivity contribution in [3.63, 3.8) is 0 Å². The highest BCUT2D eigenvalue weighted by atomic mass is 79.9. The molecule has 1 amide bonds. The zero-order valence-electron chi connectivity index (χ0n) is 14.8.